The topological polar surface area (TPSA) is 78.2 Å². The van der Waals surface area contributed by atoms with Crippen LogP contribution in [0, 0.1) is 61.6 Å². The molecule has 0 aliphatic heterocycles. The van der Waals surface area contributed by atoms with Crippen LogP contribution in [0.4, 0.5) is 0 Å². The summed E-state index contributed by atoms with van der Waals surface area (Å²) in [5.74, 6) is 0.416. The van der Waals surface area contributed by atoms with Crippen LogP contribution in [0.1, 0.15) is 113 Å². The van der Waals surface area contributed by atoms with E-state index < -0.39 is 5.41 Å². The highest BCUT2D eigenvalue weighted by Crippen LogP contribution is 2.71. The van der Waals surface area contributed by atoms with Gasteiger partial charge < -0.3 is 5.11 Å². The molecule has 4 aliphatic rings. The van der Waals surface area contributed by atoms with E-state index in [1.807, 2.05) is 19.9 Å². The zero-order valence-corrected chi connectivity index (χ0v) is 26.6. The lowest BCUT2D eigenvalue weighted by molar-refractivity contribution is -0.189. The second kappa shape index (κ2) is 9.54. The minimum absolute atomic E-state index is 0.0460. The highest BCUT2D eigenvalue weighted by Gasteiger charge is 2.67. The van der Waals surface area contributed by atoms with Crippen molar-refractivity contribution in [2.24, 2.45) is 50.2 Å². The molecule has 0 aromatic rings. The van der Waals surface area contributed by atoms with Crippen LogP contribution in [0.5, 0.6) is 0 Å². The summed E-state index contributed by atoms with van der Waals surface area (Å²) in [5.41, 5.74) is -0.857. The van der Waals surface area contributed by atoms with Gasteiger partial charge >= 0.3 is 0 Å². The molecule has 38 heavy (non-hydrogen) atoms. The fourth-order valence-electron chi connectivity index (χ4n) is 9.87. The van der Waals surface area contributed by atoms with Gasteiger partial charge in [0.2, 0.25) is 0 Å². The van der Waals surface area contributed by atoms with Crippen molar-refractivity contribution < 1.29 is 14.7 Å². The van der Waals surface area contributed by atoms with Gasteiger partial charge in [-0.2, -0.15) is 5.26 Å². The van der Waals surface area contributed by atoms with Gasteiger partial charge in [-0.05, 0) is 90.3 Å². The van der Waals surface area contributed by atoms with E-state index in [2.05, 4.69) is 63.5 Å². The molecule has 212 valence electrons. The normalized spacial score (nSPS) is 42.3. The molecule has 0 amide bonds. The van der Waals surface area contributed by atoms with Crippen LogP contribution >= 0.6 is 15.9 Å². The summed E-state index contributed by atoms with van der Waals surface area (Å²) >= 11 is 3.59. The highest BCUT2D eigenvalue weighted by molar-refractivity contribution is 9.09. The SMILES string of the molecule is CC1C(=O)C[C@@H]2[C@@]3(C)C=C(C#N)C(=O)C(C)(C)[C@@H]3CC[C@@]2(C)C1(C)CCC1(C(O)CBr)CCC(C)(C)CC1. The average Bonchev–Trinajstić information content (AvgIpc) is 2.86. The first kappa shape index (κ1) is 30.0. The summed E-state index contributed by atoms with van der Waals surface area (Å²) in [6, 6.07) is 2.21. The van der Waals surface area contributed by atoms with Crippen LogP contribution in [0.25, 0.3) is 0 Å². The van der Waals surface area contributed by atoms with Crippen LogP contribution in [0.15, 0.2) is 11.6 Å². The number of carbonyl (C=O) groups is 2. The second-order valence-corrected chi connectivity index (χ2v) is 16.3. The predicted molar refractivity (Wildman–Crippen MR) is 156 cm³/mol. The quantitative estimate of drug-likeness (QED) is 0.332. The number of Topliss-reactive ketones (excluding diaryl/α,β-unsaturated/α-hetero) is 2. The van der Waals surface area contributed by atoms with Crippen molar-refractivity contribution in [2.75, 3.05) is 5.33 Å². The Labute approximate surface area is 239 Å². The summed E-state index contributed by atoms with van der Waals surface area (Å²) < 4.78 is 0. The van der Waals surface area contributed by atoms with Crippen LogP contribution < -0.4 is 0 Å². The molecule has 0 spiro atoms. The minimum atomic E-state index is -0.614. The van der Waals surface area contributed by atoms with Gasteiger partial charge in [-0.1, -0.05) is 77.4 Å². The number of allylic oxidation sites excluding steroid dienone is 2. The van der Waals surface area contributed by atoms with Crippen molar-refractivity contribution in [1.29, 1.82) is 5.26 Å². The molecular weight excluding hydrogens is 538 g/mol. The zero-order chi connectivity index (χ0) is 28.5. The van der Waals surface area contributed by atoms with E-state index >= 15 is 0 Å². The molecule has 0 aromatic carbocycles. The van der Waals surface area contributed by atoms with Gasteiger partial charge in [0, 0.05) is 23.1 Å². The molecule has 4 rings (SSSR count). The summed E-state index contributed by atoms with van der Waals surface area (Å²) in [7, 11) is 0. The Morgan fingerprint density at radius 1 is 1.00 bits per heavy atom. The number of aliphatic hydroxyl groups excluding tert-OH is 1. The maximum atomic E-state index is 13.8. The Morgan fingerprint density at radius 2 is 1.61 bits per heavy atom. The van der Waals surface area contributed by atoms with Crippen molar-refractivity contribution in [3.05, 3.63) is 11.6 Å². The number of halogens is 1. The van der Waals surface area contributed by atoms with Crippen molar-refractivity contribution in [2.45, 2.75) is 119 Å². The second-order valence-electron chi connectivity index (χ2n) is 15.7. The third-order valence-electron chi connectivity index (χ3n) is 13.2. The number of aliphatic hydroxyl groups is 1. The molecular formula is C33H50BrNO3. The zero-order valence-electron chi connectivity index (χ0n) is 25.0. The number of hydrogen-bond donors (Lipinski definition) is 1. The van der Waals surface area contributed by atoms with Gasteiger partial charge in [-0.3, -0.25) is 9.59 Å². The predicted octanol–water partition coefficient (Wildman–Crippen LogP) is 7.82. The number of fused-ring (bicyclic) bond motifs is 3. The van der Waals surface area contributed by atoms with Gasteiger partial charge in [0.25, 0.3) is 0 Å². The van der Waals surface area contributed by atoms with E-state index in [-0.39, 0.29) is 56.9 Å². The van der Waals surface area contributed by atoms with Crippen molar-refractivity contribution in [3.8, 4) is 6.07 Å². The van der Waals surface area contributed by atoms with Crippen molar-refractivity contribution in [3.63, 3.8) is 0 Å². The Morgan fingerprint density at radius 3 is 2.16 bits per heavy atom. The van der Waals surface area contributed by atoms with E-state index in [1.54, 1.807) is 0 Å². The lowest BCUT2D eigenvalue weighted by atomic mass is 9.35. The largest absolute Gasteiger partial charge is 0.392 e. The molecule has 0 radical (unpaired) electrons. The number of nitrogens with zero attached hydrogens (tertiary/aromatic N) is 1. The monoisotopic (exact) mass is 587 g/mol. The first-order chi connectivity index (χ1) is 17.4. The fourth-order valence-corrected chi connectivity index (χ4v) is 10.6. The smallest absolute Gasteiger partial charge is 0.178 e. The van der Waals surface area contributed by atoms with Gasteiger partial charge in [0.1, 0.15) is 11.9 Å². The third kappa shape index (κ3) is 4.22. The molecule has 5 heteroatoms. The van der Waals surface area contributed by atoms with Crippen LogP contribution in [0.2, 0.25) is 0 Å². The van der Waals surface area contributed by atoms with Gasteiger partial charge in [0.15, 0.2) is 5.78 Å². The average molecular weight is 589 g/mol. The summed E-state index contributed by atoms with van der Waals surface area (Å²) in [4.78, 5) is 27.0. The molecule has 0 bridgehead atoms. The number of ketones is 2. The lowest BCUT2D eigenvalue weighted by Gasteiger charge is -2.68. The number of hydrogen-bond acceptors (Lipinski definition) is 4. The van der Waals surface area contributed by atoms with E-state index in [0.717, 1.165) is 51.4 Å². The van der Waals surface area contributed by atoms with Crippen LogP contribution in [0.3, 0.4) is 0 Å². The molecule has 4 nitrogen and oxygen atoms in total. The molecule has 1 N–H and O–H groups in total. The fraction of sp³-hybridized carbons (Fsp3) is 0.848. The first-order valence-electron chi connectivity index (χ1n) is 14.9. The summed E-state index contributed by atoms with van der Waals surface area (Å²) in [5, 5.41) is 21.8. The maximum Gasteiger partial charge on any atom is 0.178 e. The van der Waals surface area contributed by atoms with E-state index in [9.17, 15) is 20.0 Å². The van der Waals surface area contributed by atoms with Crippen molar-refractivity contribution in [1.82, 2.24) is 0 Å². The number of nitriles is 1. The molecule has 3 unspecified atom stereocenters. The molecule has 4 aliphatic carbocycles. The highest BCUT2D eigenvalue weighted by atomic mass is 79.9. The van der Waals surface area contributed by atoms with Crippen LogP contribution in [-0.4, -0.2) is 28.1 Å². The third-order valence-corrected chi connectivity index (χ3v) is 13.9. The molecule has 0 heterocycles. The first-order valence-corrected chi connectivity index (χ1v) is 16.0. The summed E-state index contributed by atoms with van der Waals surface area (Å²) in [6.45, 7) is 17.8. The van der Waals surface area contributed by atoms with Crippen LogP contribution in [-0.2, 0) is 9.59 Å². The van der Waals surface area contributed by atoms with E-state index in [0.29, 0.717) is 22.9 Å². The molecule has 7 atom stereocenters. The molecule has 3 saturated carbocycles. The van der Waals surface area contributed by atoms with Gasteiger partial charge in [-0.15, -0.1) is 0 Å². The lowest BCUT2D eigenvalue weighted by Crippen LogP contribution is -2.64. The molecule has 0 saturated heterocycles. The number of rotatable bonds is 5. The Bertz CT molecular complexity index is 1060. The number of alkyl halides is 1. The maximum absolute atomic E-state index is 13.8. The molecule has 3 fully saturated rings. The standard InChI is InChI=1S/C33H50BrNO3/c1-21-23(36)17-25-30(6)18-22(20-35)27(38)29(4,5)24(30)9-10-32(25,8)31(21,7)13-16-33(26(37)19-34)14-11-28(2,3)12-15-33/h18,21,24-26,37H,9-17,19H2,1-8H3/t21?,24-,25+,26?,30-,31?,32+/m0/s1. The molecule has 0 aromatic heterocycles. The van der Waals surface area contributed by atoms with Gasteiger partial charge in [-0.25, -0.2) is 0 Å². The Hall–Kier alpha value is -0.990. The minimum Gasteiger partial charge on any atom is -0.392 e. The van der Waals surface area contributed by atoms with E-state index in [4.69, 9.17) is 0 Å². The Kier molecular flexibility index (Phi) is 7.53. The van der Waals surface area contributed by atoms with Crippen molar-refractivity contribution >= 4 is 27.5 Å². The summed E-state index contributed by atoms with van der Waals surface area (Å²) in [6.07, 6.45) is 10.1. The van der Waals surface area contributed by atoms with Gasteiger partial charge in [0.05, 0.1) is 11.7 Å². The number of carbonyl (C=O) groups excluding carboxylic acids is 2. The van der Waals surface area contributed by atoms with E-state index in [1.165, 1.54) is 0 Å². The Balaban J connectivity index is 1.74.